The molecule has 1 aliphatic heterocycles. The highest BCUT2D eigenvalue weighted by Gasteiger charge is 2.17. The first-order valence-electron chi connectivity index (χ1n) is 5.95. The van der Waals surface area contributed by atoms with Crippen LogP contribution in [0.5, 0.6) is 0 Å². The minimum atomic E-state index is -0.759. The third kappa shape index (κ3) is 2.21. The van der Waals surface area contributed by atoms with Gasteiger partial charge in [-0.25, -0.2) is 4.39 Å². The fourth-order valence-corrected chi connectivity index (χ4v) is 2.33. The summed E-state index contributed by atoms with van der Waals surface area (Å²) in [5.74, 6) is 0. The third-order valence-corrected chi connectivity index (χ3v) is 3.19. The lowest BCUT2D eigenvalue weighted by molar-refractivity contribution is 0.366. The van der Waals surface area contributed by atoms with Gasteiger partial charge in [0, 0.05) is 18.6 Å². The molecule has 86 valence electrons. The molecule has 0 N–H and O–H groups in total. The van der Waals surface area contributed by atoms with Crippen LogP contribution in [0.3, 0.4) is 0 Å². The van der Waals surface area contributed by atoms with Crippen LogP contribution in [0.25, 0.3) is 10.8 Å². The zero-order valence-electron chi connectivity index (χ0n) is 9.57. The number of halogens is 1. The molecular formula is C15H14FN. The lowest BCUT2D eigenvalue weighted by Crippen LogP contribution is -2.04. The highest BCUT2D eigenvalue weighted by Crippen LogP contribution is 2.18. The normalized spacial score (nSPS) is 19.6. The van der Waals surface area contributed by atoms with E-state index >= 15 is 0 Å². The average molecular weight is 227 g/mol. The zero-order valence-corrected chi connectivity index (χ0v) is 9.57. The van der Waals surface area contributed by atoms with Gasteiger partial charge in [-0.15, -0.1) is 0 Å². The van der Waals surface area contributed by atoms with E-state index in [1.807, 2.05) is 12.1 Å². The van der Waals surface area contributed by atoms with Gasteiger partial charge in [-0.1, -0.05) is 42.5 Å². The summed E-state index contributed by atoms with van der Waals surface area (Å²) in [5, 5.41) is 2.48. The van der Waals surface area contributed by atoms with Crippen molar-refractivity contribution in [2.24, 2.45) is 4.99 Å². The first kappa shape index (κ1) is 10.5. The van der Waals surface area contributed by atoms with Crippen molar-refractivity contribution < 1.29 is 4.39 Å². The zero-order chi connectivity index (χ0) is 11.7. The molecule has 0 saturated carbocycles. The molecule has 1 atom stereocenters. The van der Waals surface area contributed by atoms with E-state index < -0.39 is 6.17 Å². The summed E-state index contributed by atoms with van der Waals surface area (Å²) in [4.78, 5) is 4.23. The predicted octanol–water partition coefficient (Wildman–Crippen LogP) is 3.57. The Hall–Kier alpha value is -1.70. The van der Waals surface area contributed by atoms with E-state index in [1.165, 1.54) is 16.3 Å². The summed E-state index contributed by atoms with van der Waals surface area (Å²) >= 11 is 0. The Balaban J connectivity index is 1.86. The van der Waals surface area contributed by atoms with Crippen LogP contribution in [0, 0.1) is 0 Å². The van der Waals surface area contributed by atoms with Crippen LogP contribution in [-0.4, -0.2) is 18.4 Å². The maximum Gasteiger partial charge on any atom is 0.125 e. The number of alkyl halides is 1. The molecule has 0 saturated heterocycles. The van der Waals surface area contributed by atoms with E-state index in [2.05, 4.69) is 35.3 Å². The molecule has 17 heavy (non-hydrogen) atoms. The molecule has 0 aromatic heterocycles. The molecule has 3 rings (SSSR count). The molecule has 0 bridgehead atoms. The van der Waals surface area contributed by atoms with Crippen molar-refractivity contribution in [3.05, 3.63) is 48.0 Å². The van der Waals surface area contributed by atoms with Gasteiger partial charge in [0.1, 0.15) is 6.17 Å². The minimum Gasteiger partial charge on any atom is -0.291 e. The van der Waals surface area contributed by atoms with Crippen LogP contribution in [0.4, 0.5) is 4.39 Å². The van der Waals surface area contributed by atoms with E-state index in [0.29, 0.717) is 13.0 Å². The second-order valence-corrected chi connectivity index (χ2v) is 4.57. The van der Waals surface area contributed by atoms with Crippen molar-refractivity contribution >= 4 is 16.5 Å². The van der Waals surface area contributed by atoms with Crippen LogP contribution in [0.2, 0.25) is 0 Å². The van der Waals surface area contributed by atoms with Crippen molar-refractivity contribution in [3.63, 3.8) is 0 Å². The summed E-state index contributed by atoms with van der Waals surface area (Å²) in [6.45, 7) is 0.350. The SMILES string of the molecule is FC1CN=C(Cc2ccc3ccccc3c2)C1. The molecule has 1 unspecified atom stereocenters. The highest BCUT2D eigenvalue weighted by atomic mass is 19.1. The molecule has 1 aliphatic rings. The molecular weight excluding hydrogens is 213 g/mol. The molecule has 0 radical (unpaired) electrons. The summed E-state index contributed by atoms with van der Waals surface area (Å²) in [6, 6.07) is 14.7. The number of hydrogen-bond donors (Lipinski definition) is 0. The number of aliphatic imine (C=N–C) groups is 1. The molecule has 0 fully saturated rings. The van der Waals surface area contributed by atoms with Crippen LogP contribution in [0.15, 0.2) is 47.5 Å². The molecule has 1 heterocycles. The van der Waals surface area contributed by atoms with Crippen molar-refractivity contribution in [2.45, 2.75) is 19.0 Å². The van der Waals surface area contributed by atoms with Crippen LogP contribution >= 0.6 is 0 Å². The summed E-state index contributed by atoms with van der Waals surface area (Å²) < 4.78 is 13.0. The van der Waals surface area contributed by atoms with Crippen molar-refractivity contribution in [1.29, 1.82) is 0 Å². The smallest absolute Gasteiger partial charge is 0.125 e. The number of fused-ring (bicyclic) bond motifs is 1. The number of benzene rings is 2. The Labute approximate surface area is 100.0 Å². The standard InChI is InChI=1S/C15H14FN/c16-14-9-15(17-10-14)8-11-5-6-12-3-1-2-4-13(12)7-11/h1-7,14H,8-10H2. The molecule has 0 aliphatic carbocycles. The molecule has 2 heteroatoms. The summed E-state index contributed by atoms with van der Waals surface area (Å²) in [7, 11) is 0. The Kier molecular flexibility index (Phi) is 2.63. The Morgan fingerprint density at radius 1 is 1.12 bits per heavy atom. The lowest BCUT2D eigenvalue weighted by atomic mass is 10.0. The van der Waals surface area contributed by atoms with E-state index in [4.69, 9.17) is 0 Å². The number of nitrogens with zero attached hydrogens (tertiary/aromatic N) is 1. The monoisotopic (exact) mass is 227 g/mol. The van der Waals surface area contributed by atoms with Gasteiger partial charge in [0.25, 0.3) is 0 Å². The molecule has 0 amide bonds. The van der Waals surface area contributed by atoms with Crippen LogP contribution in [-0.2, 0) is 6.42 Å². The average Bonchev–Trinajstić information content (AvgIpc) is 2.75. The molecule has 0 spiro atoms. The van der Waals surface area contributed by atoms with E-state index in [1.54, 1.807) is 0 Å². The summed E-state index contributed by atoms with van der Waals surface area (Å²) in [5.41, 5.74) is 2.21. The van der Waals surface area contributed by atoms with Gasteiger partial charge in [0.15, 0.2) is 0 Å². The van der Waals surface area contributed by atoms with Gasteiger partial charge in [0.2, 0.25) is 0 Å². The van der Waals surface area contributed by atoms with Gasteiger partial charge in [-0.2, -0.15) is 0 Å². The van der Waals surface area contributed by atoms with Gasteiger partial charge in [-0.3, -0.25) is 4.99 Å². The number of hydrogen-bond acceptors (Lipinski definition) is 1. The topological polar surface area (TPSA) is 12.4 Å². The molecule has 1 nitrogen and oxygen atoms in total. The Bertz CT molecular complexity index is 574. The van der Waals surface area contributed by atoms with E-state index in [9.17, 15) is 4.39 Å². The second-order valence-electron chi connectivity index (χ2n) is 4.57. The van der Waals surface area contributed by atoms with E-state index in [-0.39, 0.29) is 0 Å². The van der Waals surface area contributed by atoms with Gasteiger partial charge in [0.05, 0.1) is 6.54 Å². The Morgan fingerprint density at radius 2 is 1.94 bits per heavy atom. The fourth-order valence-electron chi connectivity index (χ4n) is 2.33. The second kappa shape index (κ2) is 4.28. The van der Waals surface area contributed by atoms with Crippen LogP contribution < -0.4 is 0 Å². The van der Waals surface area contributed by atoms with E-state index in [0.717, 1.165) is 12.1 Å². The maximum absolute atomic E-state index is 13.0. The van der Waals surface area contributed by atoms with Crippen molar-refractivity contribution in [2.75, 3.05) is 6.54 Å². The maximum atomic E-state index is 13.0. The fraction of sp³-hybridized carbons (Fsp3) is 0.267. The van der Waals surface area contributed by atoms with Crippen LogP contribution in [0.1, 0.15) is 12.0 Å². The quantitative estimate of drug-likeness (QED) is 0.743. The molecule has 2 aromatic rings. The van der Waals surface area contributed by atoms with Gasteiger partial charge < -0.3 is 0 Å². The largest absolute Gasteiger partial charge is 0.291 e. The van der Waals surface area contributed by atoms with Gasteiger partial charge in [-0.05, 0) is 16.3 Å². The van der Waals surface area contributed by atoms with Crippen molar-refractivity contribution in [1.82, 2.24) is 0 Å². The lowest BCUT2D eigenvalue weighted by Gasteiger charge is -2.04. The summed E-state index contributed by atoms with van der Waals surface area (Å²) in [6.07, 6.45) is 0.531. The minimum absolute atomic E-state index is 0.350. The van der Waals surface area contributed by atoms with Crippen molar-refractivity contribution in [3.8, 4) is 0 Å². The predicted molar refractivity (Wildman–Crippen MR) is 69.5 cm³/mol. The third-order valence-electron chi connectivity index (χ3n) is 3.19. The molecule has 2 aromatic carbocycles. The number of rotatable bonds is 2. The highest BCUT2D eigenvalue weighted by molar-refractivity contribution is 5.90. The first-order chi connectivity index (χ1) is 8.31. The Morgan fingerprint density at radius 3 is 2.71 bits per heavy atom. The first-order valence-corrected chi connectivity index (χ1v) is 5.95. The van der Waals surface area contributed by atoms with Gasteiger partial charge >= 0.3 is 0 Å².